The third-order valence-electron chi connectivity index (χ3n) is 2.28. The quantitative estimate of drug-likeness (QED) is 0.863. The van der Waals surface area contributed by atoms with E-state index in [2.05, 4.69) is 5.32 Å². The van der Waals surface area contributed by atoms with Crippen LogP contribution in [-0.4, -0.2) is 20.3 Å². The lowest BCUT2D eigenvalue weighted by atomic mass is 10.0. The molecule has 0 aromatic heterocycles. The summed E-state index contributed by atoms with van der Waals surface area (Å²) in [6, 6.07) is 4.72. The van der Waals surface area contributed by atoms with Crippen LogP contribution in [0.15, 0.2) is 24.3 Å². The summed E-state index contributed by atoms with van der Waals surface area (Å²) in [7, 11) is 2.75. The number of rotatable bonds is 4. The molecule has 2 nitrogen and oxygen atoms in total. The molecule has 0 fully saturated rings. The van der Waals surface area contributed by atoms with E-state index in [0.717, 1.165) is 0 Å². The molecule has 0 saturated carbocycles. The summed E-state index contributed by atoms with van der Waals surface area (Å²) in [5.41, 5.74) is 0.751. The van der Waals surface area contributed by atoms with Crippen molar-refractivity contribution < 1.29 is 17.9 Å². The number of ether oxygens (including phenoxy) is 1. The van der Waals surface area contributed by atoms with Gasteiger partial charge >= 0.3 is 6.18 Å². The first-order valence-electron chi connectivity index (χ1n) is 4.81. The van der Waals surface area contributed by atoms with E-state index in [0.29, 0.717) is 5.56 Å². The normalized spacial score (nSPS) is 13.8. The zero-order valence-electron chi connectivity index (χ0n) is 9.14. The van der Waals surface area contributed by atoms with Crippen LogP contribution in [0.5, 0.6) is 0 Å². The van der Waals surface area contributed by atoms with E-state index in [-0.39, 0.29) is 12.2 Å². The summed E-state index contributed by atoms with van der Waals surface area (Å²) in [6.07, 6.45) is -4.31. The highest BCUT2D eigenvalue weighted by molar-refractivity contribution is 5.30. The van der Waals surface area contributed by atoms with E-state index >= 15 is 0 Å². The Bertz CT molecular complexity index is 338. The number of benzene rings is 1. The molecule has 1 rings (SSSR count). The van der Waals surface area contributed by atoms with E-state index in [1.54, 1.807) is 18.2 Å². The molecule has 0 aliphatic rings. The average Bonchev–Trinajstić information content (AvgIpc) is 2.20. The highest BCUT2D eigenvalue weighted by atomic mass is 19.4. The van der Waals surface area contributed by atoms with Crippen LogP contribution in [0.2, 0.25) is 0 Å². The molecule has 0 amide bonds. The first kappa shape index (κ1) is 13.0. The lowest BCUT2D eigenvalue weighted by molar-refractivity contribution is -0.156. The Morgan fingerprint density at radius 1 is 1.31 bits per heavy atom. The van der Waals surface area contributed by atoms with Gasteiger partial charge in [-0.3, -0.25) is 0 Å². The molecule has 1 aromatic rings. The highest BCUT2D eigenvalue weighted by Crippen LogP contribution is 2.34. The van der Waals surface area contributed by atoms with Crippen LogP contribution in [0, 0.1) is 0 Å². The summed E-state index contributed by atoms with van der Waals surface area (Å²) in [5.74, 6) is 0. The molecule has 0 heterocycles. The molecule has 0 aliphatic heterocycles. The largest absolute Gasteiger partial charge is 0.407 e. The standard InChI is InChI=1S/C11H14F3NO/c1-15-10(11(12,13)14)9-6-4-3-5-8(9)7-16-2/h3-6,10,15H,7H2,1-2H3. The second kappa shape index (κ2) is 5.32. The fraction of sp³-hybridized carbons (Fsp3) is 0.455. The predicted octanol–water partition coefficient (Wildman–Crippen LogP) is 2.66. The molecule has 0 bridgehead atoms. The Hall–Kier alpha value is -1.07. The topological polar surface area (TPSA) is 21.3 Å². The van der Waals surface area contributed by atoms with Gasteiger partial charge in [0.2, 0.25) is 0 Å². The van der Waals surface area contributed by atoms with E-state index in [9.17, 15) is 13.2 Å². The molecule has 1 N–H and O–H groups in total. The van der Waals surface area contributed by atoms with E-state index < -0.39 is 12.2 Å². The van der Waals surface area contributed by atoms with Crippen molar-refractivity contribution >= 4 is 0 Å². The Morgan fingerprint density at radius 3 is 2.44 bits per heavy atom. The molecule has 1 aromatic carbocycles. The average molecular weight is 233 g/mol. The van der Waals surface area contributed by atoms with Gasteiger partial charge in [-0.2, -0.15) is 13.2 Å². The Kier molecular flexibility index (Phi) is 4.32. The van der Waals surface area contributed by atoms with Crippen molar-refractivity contribution in [2.24, 2.45) is 0 Å². The summed E-state index contributed by atoms with van der Waals surface area (Å²) in [6.45, 7) is 0.171. The van der Waals surface area contributed by atoms with E-state index in [1.165, 1.54) is 20.2 Å². The first-order valence-corrected chi connectivity index (χ1v) is 4.81. The van der Waals surface area contributed by atoms with Gasteiger partial charge in [0.1, 0.15) is 6.04 Å². The van der Waals surface area contributed by atoms with Crippen molar-refractivity contribution in [2.75, 3.05) is 14.2 Å². The molecule has 1 unspecified atom stereocenters. The molecule has 16 heavy (non-hydrogen) atoms. The molecule has 5 heteroatoms. The Balaban J connectivity index is 3.09. The minimum Gasteiger partial charge on any atom is -0.380 e. The summed E-state index contributed by atoms with van der Waals surface area (Å²) < 4.78 is 43.0. The predicted molar refractivity (Wildman–Crippen MR) is 55.0 cm³/mol. The van der Waals surface area contributed by atoms with Crippen molar-refractivity contribution in [2.45, 2.75) is 18.8 Å². The number of methoxy groups -OCH3 is 1. The third kappa shape index (κ3) is 2.96. The fourth-order valence-electron chi connectivity index (χ4n) is 1.60. The second-order valence-electron chi connectivity index (χ2n) is 3.40. The first-order chi connectivity index (χ1) is 7.50. The molecular formula is C11H14F3NO. The van der Waals surface area contributed by atoms with Gasteiger partial charge in [-0.15, -0.1) is 0 Å². The van der Waals surface area contributed by atoms with Crippen LogP contribution in [0.4, 0.5) is 13.2 Å². The zero-order valence-corrected chi connectivity index (χ0v) is 9.14. The molecule has 0 saturated heterocycles. The molecule has 0 spiro atoms. The molecule has 90 valence electrons. The van der Waals surface area contributed by atoms with E-state index in [4.69, 9.17) is 4.74 Å². The van der Waals surface area contributed by atoms with Crippen LogP contribution in [0.25, 0.3) is 0 Å². The minimum atomic E-state index is -4.31. The lowest BCUT2D eigenvalue weighted by Gasteiger charge is -2.22. The Labute approximate surface area is 92.4 Å². The van der Waals surface area contributed by atoms with Gasteiger partial charge < -0.3 is 10.1 Å². The van der Waals surface area contributed by atoms with Crippen molar-refractivity contribution in [3.8, 4) is 0 Å². The maximum atomic E-state index is 12.7. The second-order valence-corrected chi connectivity index (χ2v) is 3.40. The third-order valence-corrected chi connectivity index (χ3v) is 2.28. The maximum absolute atomic E-state index is 12.7. The number of alkyl halides is 3. The molecular weight excluding hydrogens is 219 g/mol. The summed E-state index contributed by atoms with van der Waals surface area (Å²) in [4.78, 5) is 0. The smallest absolute Gasteiger partial charge is 0.380 e. The summed E-state index contributed by atoms with van der Waals surface area (Å²) >= 11 is 0. The fourth-order valence-corrected chi connectivity index (χ4v) is 1.60. The van der Waals surface area contributed by atoms with Gasteiger partial charge in [-0.25, -0.2) is 0 Å². The number of nitrogens with one attached hydrogen (secondary N) is 1. The molecule has 0 radical (unpaired) electrons. The lowest BCUT2D eigenvalue weighted by Crippen LogP contribution is -2.32. The van der Waals surface area contributed by atoms with Gasteiger partial charge in [-0.1, -0.05) is 24.3 Å². The van der Waals surface area contributed by atoms with Crippen molar-refractivity contribution in [1.82, 2.24) is 5.32 Å². The zero-order chi connectivity index (χ0) is 12.2. The van der Waals surface area contributed by atoms with Gasteiger partial charge in [0, 0.05) is 7.11 Å². The number of halogens is 3. The number of hydrogen-bond donors (Lipinski definition) is 1. The summed E-state index contributed by atoms with van der Waals surface area (Å²) in [5, 5.41) is 2.28. The van der Waals surface area contributed by atoms with Gasteiger partial charge in [-0.05, 0) is 18.2 Å². The van der Waals surface area contributed by atoms with Crippen molar-refractivity contribution in [1.29, 1.82) is 0 Å². The van der Waals surface area contributed by atoms with Gasteiger partial charge in [0.15, 0.2) is 0 Å². The van der Waals surface area contributed by atoms with Gasteiger partial charge in [0.05, 0.1) is 6.61 Å². The Morgan fingerprint density at radius 2 is 1.94 bits per heavy atom. The molecule has 0 aliphatic carbocycles. The van der Waals surface area contributed by atoms with Crippen LogP contribution < -0.4 is 5.32 Å². The molecule has 1 atom stereocenters. The monoisotopic (exact) mass is 233 g/mol. The van der Waals surface area contributed by atoms with Crippen LogP contribution in [-0.2, 0) is 11.3 Å². The highest BCUT2D eigenvalue weighted by Gasteiger charge is 2.40. The van der Waals surface area contributed by atoms with Crippen LogP contribution in [0.3, 0.4) is 0 Å². The van der Waals surface area contributed by atoms with Crippen molar-refractivity contribution in [3.05, 3.63) is 35.4 Å². The minimum absolute atomic E-state index is 0.171. The number of hydrogen-bond acceptors (Lipinski definition) is 2. The maximum Gasteiger partial charge on any atom is 0.407 e. The van der Waals surface area contributed by atoms with Gasteiger partial charge in [0.25, 0.3) is 0 Å². The van der Waals surface area contributed by atoms with Crippen LogP contribution >= 0.6 is 0 Å². The van der Waals surface area contributed by atoms with Crippen molar-refractivity contribution in [3.63, 3.8) is 0 Å². The van der Waals surface area contributed by atoms with E-state index in [1.807, 2.05) is 0 Å². The SMILES string of the molecule is CNC(c1ccccc1COC)C(F)(F)F. The van der Waals surface area contributed by atoms with Crippen LogP contribution in [0.1, 0.15) is 17.2 Å².